The smallest absolute Gasteiger partial charge is 0.400 e. The van der Waals surface area contributed by atoms with Crippen LogP contribution in [0, 0.1) is 0 Å². The van der Waals surface area contributed by atoms with E-state index in [2.05, 4.69) is 4.98 Å². The second-order valence-corrected chi connectivity index (χ2v) is 6.25. The van der Waals surface area contributed by atoms with Gasteiger partial charge in [0.05, 0.1) is 29.5 Å². The number of nitrogens with two attached hydrogens (primary N) is 1. The minimum absolute atomic E-state index is 0.122. The summed E-state index contributed by atoms with van der Waals surface area (Å²) in [6.45, 7) is 7.91. The molecule has 21 heavy (non-hydrogen) atoms. The van der Waals surface area contributed by atoms with Crippen LogP contribution in [0.2, 0.25) is 0 Å². The number of hydrogen-bond acceptors (Lipinski definition) is 5. The molecule has 0 spiro atoms. The third-order valence-corrected chi connectivity index (χ3v) is 4.15. The second-order valence-electron chi connectivity index (χ2n) is 6.25. The summed E-state index contributed by atoms with van der Waals surface area (Å²) in [6.07, 6.45) is 3.52. The third-order valence-electron chi connectivity index (χ3n) is 4.15. The molecule has 1 aliphatic heterocycles. The Kier molecular flexibility index (Phi) is 4.53. The third kappa shape index (κ3) is 3.35. The van der Waals surface area contributed by atoms with Crippen molar-refractivity contribution < 1.29 is 14.4 Å². The first-order valence-electron chi connectivity index (χ1n) is 7.12. The summed E-state index contributed by atoms with van der Waals surface area (Å²) in [5.41, 5.74) is 6.66. The number of rotatable bonds is 4. The highest BCUT2D eigenvalue weighted by molar-refractivity contribution is 6.52. The number of pyridine rings is 1. The van der Waals surface area contributed by atoms with Crippen molar-refractivity contribution in [3.8, 4) is 0 Å². The molecular formula is C15H23BN2O3. The largest absolute Gasteiger partial charge is 0.487 e. The molecule has 0 aromatic carbocycles. The Hall–Kier alpha value is -1.21. The zero-order valence-corrected chi connectivity index (χ0v) is 13.0. The van der Waals surface area contributed by atoms with Crippen molar-refractivity contribution in [2.24, 2.45) is 5.73 Å². The van der Waals surface area contributed by atoms with Gasteiger partial charge in [-0.3, -0.25) is 4.98 Å². The summed E-state index contributed by atoms with van der Waals surface area (Å²) >= 11 is 0. The molecule has 1 fully saturated rings. The zero-order valence-electron chi connectivity index (χ0n) is 13.0. The second kappa shape index (κ2) is 5.89. The predicted octanol–water partition coefficient (Wildman–Crippen LogP) is 1.72. The van der Waals surface area contributed by atoms with Gasteiger partial charge in [-0.1, -0.05) is 12.0 Å². The molecule has 0 bridgehead atoms. The van der Waals surface area contributed by atoms with Crippen LogP contribution in [-0.2, 0) is 9.31 Å². The van der Waals surface area contributed by atoms with E-state index in [1.165, 1.54) is 0 Å². The number of aliphatic hydroxyl groups excluding tert-OH is 1. The van der Waals surface area contributed by atoms with E-state index in [1.54, 1.807) is 12.3 Å². The normalized spacial score (nSPS) is 21.9. The molecular weight excluding hydrogens is 267 g/mol. The van der Waals surface area contributed by atoms with Gasteiger partial charge in [0.1, 0.15) is 0 Å². The van der Waals surface area contributed by atoms with Crippen LogP contribution >= 0.6 is 0 Å². The van der Waals surface area contributed by atoms with E-state index in [0.29, 0.717) is 5.69 Å². The van der Waals surface area contributed by atoms with Crippen molar-refractivity contribution in [2.75, 3.05) is 6.61 Å². The maximum Gasteiger partial charge on any atom is 0.487 e. The van der Waals surface area contributed by atoms with Gasteiger partial charge in [-0.05, 0) is 45.4 Å². The van der Waals surface area contributed by atoms with Gasteiger partial charge in [0.25, 0.3) is 0 Å². The van der Waals surface area contributed by atoms with Gasteiger partial charge in [-0.25, -0.2) is 0 Å². The van der Waals surface area contributed by atoms with Crippen molar-refractivity contribution in [1.29, 1.82) is 0 Å². The summed E-state index contributed by atoms with van der Waals surface area (Å²) < 4.78 is 11.8. The molecule has 0 unspecified atom stereocenters. The fraction of sp³-hybridized carbons (Fsp3) is 0.533. The lowest BCUT2D eigenvalue weighted by Crippen LogP contribution is -2.41. The first-order valence-corrected chi connectivity index (χ1v) is 7.12. The first kappa shape index (κ1) is 16.2. The number of hydrogen-bond donors (Lipinski definition) is 2. The molecule has 6 heteroatoms. The van der Waals surface area contributed by atoms with Crippen LogP contribution in [0.4, 0.5) is 0 Å². The molecule has 0 radical (unpaired) electrons. The minimum atomic E-state index is -0.448. The summed E-state index contributed by atoms with van der Waals surface area (Å²) in [5.74, 6) is 1.83. The summed E-state index contributed by atoms with van der Waals surface area (Å²) in [7, 11) is -0.421. The van der Waals surface area contributed by atoms with Gasteiger partial charge >= 0.3 is 7.12 Å². The summed E-state index contributed by atoms with van der Waals surface area (Å²) in [5, 5.41) is 9.20. The van der Waals surface area contributed by atoms with Gasteiger partial charge in [-0.2, -0.15) is 0 Å². The molecule has 114 valence electrons. The van der Waals surface area contributed by atoms with Crippen LogP contribution in [-0.4, -0.2) is 35.0 Å². The molecule has 3 N–H and O–H groups in total. The van der Waals surface area contributed by atoms with Gasteiger partial charge in [-0.15, -0.1) is 0 Å². The highest BCUT2D eigenvalue weighted by atomic mass is 16.7. The van der Waals surface area contributed by atoms with Crippen molar-refractivity contribution in [1.82, 2.24) is 4.98 Å². The van der Waals surface area contributed by atoms with Crippen LogP contribution in [0.15, 0.2) is 24.3 Å². The average Bonchev–Trinajstić information content (AvgIpc) is 2.64. The van der Waals surface area contributed by atoms with Crippen molar-refractivity contribution in [3.63, 3.8) is 0 Å². The van der Waals surface area contributed by atoms with E-state index in [9.17, 15) is 5.11 Å². The SMILES string of the molecule is CC1(C)OB(/C=C/c2ncccc2[C@H](N)CO)OC1(C)C. The molecule has 1 saturated heterocycles. The maximum absolute atomic E-state index is 9.20. The minimum Gasteiger partial charge on any atom is -0.400 e. The summed E-state index contributed by atoms with van der Waals surface area (Å²) in [6, 6.07) is 3.21. The molecule has 0 saturated carbocycles. The van der Waals surface area contributed by atoms with Gasteiger partial charge in [0, 0.05) is 6.20 Å². The van der Waals surface area contributed by atoms with Crippen LogP contribution in [0.3, 0.4) is 0 Å². The lowest BCUT2D eigenvalue weighted by atomic mass is 9.89. The molecule has 1 aromatic heterocycles. The molecule has 0 amide bonds. The van der Waals surface area contributed by atoms with E-state index in [0.717, 1.165) is 5.56 Å². The molecule has 0 aliphatic carbocycles. The summed E-state index contributed by atoms with van der Waals surface area (Å²) in [4.78, 5) is 4.29. The monoisotopic (exact) mass is 290 g/mol. The molecule has 2 rings (SSSR count). The first-order chi connectivity index (χ1) is 9.77. The Balaban J connectivity index is 2.17. The van der Waals surface area contributed by atoms with Crippen LogP contribution in [0.1, 0.15) is 45.0 Å². The highest BCUT2D eigenvalue weighted by Gasteiger charge is 2.50. The maximum atomic E-state index is 9.20. The fourth-order valence-corrected chi connectivity index (χ4v) is 2.12. The molecule has 1 aliphatic rings. The van der Waals surface area contributed by atoms with E-state index in [1.807, 2.05) is 45.8 Å². The van der Waals surface area contributed by atoms with Crippen LogP contribution in [0.25, 0.3) is 6.08 Å². The van der Waals surface area contributed by atoms with Gasteiger partial charge in [0.2, 0.25) is 0 Å². The fourth-order valence-electron chi connectivity index (χ4n) is 2.12. The zero-order chi connectivity index (χ0) is 15.7. The predicted molar refractivity (Wildman–Crippen MR) is 83.4 cm³/mol. The lowest BCUT2D eigenvalue weighted by Gasteiger charge is -2.32. The number of nitrogens with zero attached hydrogens (tertiary/aromatic N) is 1. The van der Waals surface area contributed by atoms with Crippen molar-refractivity contribution in [2.45, 2.75) is 44.9 Å². The van der Waals surface area contributed by atoms with E-state index < -0.39 is 13.2 Å². The average molecular weight is 290 g/mol. The number of aromatic nitrogens is 1. The Labute approximate surface area is 126 Å². The Morgan fingerprint density at radius 2 is 1.95 bits per heavy atom. The Morgan fingerprint density at radius 1 is 1.33 bits per heavy atom. The number of aliphatic hydroxyl groups is 1. The standard InChI is InChI=1S/C15H23BN2O3/c1-14(2)15(3,4)21-16(20-14)8-7-13-11(12(17)10-19)6-5-9-18-13/h5-9,12,19H,10,17H2,1-4H3/b8-7+/t12-/m1/s1. The van der Waals surface area contributed by atoms with Crippen LogP contribution in [0.5, 0.6) is 0 Å². The van der Waals surface area contributed by atoms with Crippen molar-refractivity contribution in [3.05, 3.63) is 35.6 Å². The van der Waals surface area contributed by atoms with Crippen molar-refractivity contribution >= 4 is 13.2 Å². The Morgan fingerprint density at radius 3 is 2.52 bits per heavy atom. The van der Waals surface area contributed by atoms with E-state index in [-0.39, 0.29) is 17.8 Å². The highest BCUT2D eigenvalue weighted by Crippen LogP contribution is 2.37. The quantitative estimate of drug-likeness (QED) is 0.826. The van der Waals surface area contributed by atoms with Gasteiger partial charge < -0.3 is 20.1 Å². The molecule has 5 nitrogen and oxygen atoms in total. The molecule has 1 atom stereocenters. The molecule has 1 aromatic rings. The van der Waals surface area contributed by atoms with Gasteiger partial charge in [0.15, 0.2) is 0 Å². The topological polar surface area (TPSA) is 77.6 Å². The lowest BCUT2D eigenvalue weighted by molar-refractivity contribution is 0.00578. The van der Waals surface area contributed by atoms with Crippen LogP contribution < -0.4 is 5.73 Å². The van der Waals surface area contributed by atoms with E-state index in [4.69, 9.17) is 15.0 Å². The van der Waals surface area contributed by atoms with E-state index >= 15 is 0 Å². The molecule has 2 heterocycles. The Bertz CT molecular complexity index is 515.